The second kappa shape index (κ2) is 12.0. The highest BCUT2D eigenvalue weighted by atomic mass is 16.2. The van der Waals surface area contributed by atoms with E-state index < -0.39 is 0 Å². The largest absolute Gasteiger partial charge is 0.352 e. The van der Waals surface area contributed by atoms with E-state index in [9.17, 15) is 14.4 Å². The normalized spacial score (nSPS) is 13.5. The third-order valence-electron chi connectivity index (χ3n) is 5.71. The summed E-state index contributed by atoms with van der Waals surface area (Å²) in [6.07, 6.45) is 7.55. The maximum absolute atomic E-state index is 13.0. The molecule has 1 saturated carbocycles. The van der Waals surface area contributed by atoms with E-state index in [0.29, 0.717) is 17.9 Å². The van der Waals surface area contributed by atoms with Gasteiger partial charge in [-0.05, 0) is 55.5 Å². The zero-order valence-electron chi connectivity index (χ0n) is 18.7. The summed E-state index contributed by atoms with van der Waals surface area (Å²) in [6.45, 7) is 2.06. The Hall–Kier alpha value is -3.22. The fourth-order valence-electron chi connectivity index (χ4n) is 3.90. The van der Waals surface area contributed by atoms with Crippen LogP contribution in [0, 0.1) is 0 Å². The predicted octanol–water partition coefficient (Wildman–Crippen LogP) is 3.84. The molecule has 32 heavy (non-hydrogen) atoms. The van der Waals surface area contributed by atoms with Crippen LogP contribution in [0.4, 0.5) is 11.5 Å². The number of pyridine rings is 1. The van der Waals surface area contributed by atoms with Crippen LogP contribution >= 0.6 is 0 Å². The Morgan fingerprint density at radius 2 is 1.75 bits per heavy atom. The molecule has 1 heterocycles. The Bertz CT molecular complexity index is 893. The molecule has 170 valence electrons. The highest BCUT2D eigenvalue weighted by Crippen LogP contribution is 2.20. The van der Waals surface area contributed by atoms with Crippen molar-refractivity contribution in [2.45, 2.75) is 64.3 Å². The number of carbonyl (C=O) groups excluding carboxylic acids is 3. The van der Waals surface area contributed by atoms with Gasteiger partial charge in [0.15, 0.2) is 0 Å². The monoisotopic (exact) mass is 436 g/mol. The molecule has 1 aliphatic carbocycles. The lowest BCUT2D eigenvalue weighted by Crippen LogP contribution is -2.43. The van der Waals surface area contributed by atoms with Crippen LogP contribution in [0.25, 0.3) is 0 Å². The highest BCUT2D eigenvalue weighted by molar-refractivity contribution is 5.99. The summed E-state index contributed by atoms with van der Waals surface area (Å²) in [5.41, 5.74) is 1.87. The molecule has 1 fully saturated rings. The average Bonchev–Trinajstić information content (AvgIpc) is 3.31. The molecule has 0 atom stereocenters. The molecular formula is C25H32N4O3. The smallest absolute Gasteiger partial charge is 0.240 e. The first-order chi connectivity index (χ1) is 15.5. The number of carbonyl (C=O) groups is 3. The fourth-order valence-corrected chi connectivity index (χ4v) is 3.90. The van der Waals surface area contributed by atoms with Gasteiger partial charge >= 0.3 is 0 Å². The molecule has 1 aliphatic rings. The maximum atomic E-state index is 13.0. The van der Waals surface area contributed by atoms with E-state index in [1.807, 2.05) is 24.3 Å². The maximum Gasteiger partial charge on any atom is 0.240 e. The number of anilines is 2. The first-order valence-corrected chi connectivity index (χ1v) is 11.4. The van der Waals surface area contributed by atoms with Gasteiger partial charge in [-0.2, -0.15) is 0 Å². The number of hydrogen-bond donors (Lipinski definition) is 2. The molecule has 0 aliphatic heterocycles. The SMILES string of the molecule is CCc1ccc(N(CC(=O)NC2CCCC2)C(=O)CCCC(=O)Nc2ccccn2)cc1. The van der Waals surface area contributed by atoms with Gasteiger partial charge in [0.25, 0.3) is 0 Å². The fraction of sp³-hybridized carbons (Fsp3) is 0.440. The van der Waals surface area contributed by atoms with E-state index in [1.54, 1.807) is 24.4 Å². The molecule has 0 spiro atoms. The number of hydrogen-bond acceptors (Lipinski definition) is 4. The summed E-state index contributed by atoms with van der Waals surface area (Å²) in [4.78, 5) is 43.4. The van der Waals surface area contributed by atoms with Gasteiger partial charge in [0.05, 0.1) is 0 Å². The van der Waals surface area contributed by atoms with Crippen molar-refractivity contribution < 1.29 is 14.4 Å². The quantitative estimate of drug-likeness (QED) is 0.592. The minimum absolute atomic E-state index is 0.0130. The molecule has 1 aromatic heterocycles. The Labute approximate surface area is 189 Å². The van der Waals surface area contributed by atoms with Crippen LogP contribution in [-0.2, 0) is 20.8 Å². The van der Waals surface area contributed by atoms with Crippen LogP contribution in [0.3, 0.4) is 0 Å². The summed E-state index contributed by atoms with van der Waals surface area (Å²) in [6, 6.07) is 13.2. The van der Waals surface area contributed by atoms with E-state index >= 15 is 0 Å². The first-order valence-electron chi connectivity index (χ1n) is 11.4. The lowest BCUT2D eigenvalue weighted by atomic mass is 10.1. The lowest BCUT2D eigenvalue weighted by molar-refractivity contribution is -0.124. The molecule has 2 aromatic rings. The average molecular weight is 437 g/mol. The minimum Gasteiger partial charge on any atom is -0.352 e. The molecule has 3 amide bonds. The Morgan fingerprint density at radius 1 is 1.00 bits per heavy atom. The topological polar surface area (TPSA) is 91.4 Å². The van der Waals surface area contributed by atoms with Crippen molar-refractivity contribution in [1.29, 1.82) is 0 Å². The van der Waals surface area contributed by atoms with Crippen molar-refractivity contribution >= 4 is 29.2 Å². The molecule has 0 radical (unpaired) electrons. The second-order valence-electron chi connectivity index (χ2n) is 8.17. The van der Waals surface area contributed by atoms with Gasteiger partial charge < -0.3 is 15.5 Å². The van der Waals surface area contributed by atoms with Crippen LogP contribution in [-0.4, -0.2) is 35.3 Å². The first kappa shape index (κ1) is 23.4. The minimum atomic E-state index is -0.186. The Balaban J connectivity index is 1.57. The van der Waals surface area contributed by atoms with Gasteiger partial charge in [-0.3, -0.25) is 14.4 Å². The predicted molar refractivity (Wildman–Crippen MR) is 125 cm³/mol. The Kier molecular flexibility index (Phi) is 8.78. The lowest BCUT2D eigenvalue weighted by Gasteiger charge is -2.24. The van der Waals surface area contributed by atoms with E-state index in [2.05, 4.69) is 22.5 Å². The Morgan fingerprint density at radius 3 is 2.41 bits per heavy atom. The summed E-state index contributed by atoms with van der Waals surface area (Å²) in [5, 5.41) is 5.78. The van der Waals surface area contributed by atoms with Gasteiger partial charge in [0.2, 0.25) is 17.7 Å². The third kappa shape index (κ3) is 7.18. The number of amides is 3. The molecule has 0 bridgehead atoms. The van der Waals surface area contributed by atoms with Crippen molar-refractivity contribution in [3.05, 3.63) is 54.2 Å². The zero-order valence-corrected chi connectivity index (χ0v) is 18.7. The summed E-state index contributed by atoms with van der Waals surface area (Å²) in [7, 11) is 0. The van der Waals surface area contributed by atoms with E-state index in [1.165, 1.54) is 10.5 Å². The van der Waals surface area contributed by atoms with Crippen molar-refractivity contribution in [1.82, 2.24) is 10.3 Å². The number of rotatable bonds is 10. The number of aromatic nitrogens is 1. The molecule has 0 unspecified atom stereocenters. The number of nitrogens with one attached hydrogen (secondary N) is 2. The van der Waals surface area contributed by atoms with Gasteiger partial charge in [0, 0.05) is 30.8 Å². The number of benzene rings is 1. The molecule has 1 aromatic carbocycles. The van der Waals surface area contributed by atoms with Crippen LogP contribution in [0.5, 0.6) is 0 Å². The van der Waals surface area contributed by atoms with Crippen molar-refractivity contribution in [3.8, 4) is 0 Å². The van der Waals surface area contributed by atoms with Crippen molar-refractivity contribution in [3.63, 3.8) is 0 Å². The van der Waals surface area contributed by atoms with Gasteiger partial charge in [-0.25, -0.2) is 4.98 Å². The van der Waals surface area contributed by atoms with Crippen molar-refractivity contribution in [2.75, 3.05) is 16.8 Å². The summed E-state index contributed by atoms with van der Waals surface area (Å²) in [5.74, 6) is -0.00135. The number of nitrogens with zero attached hydrogens (tertiary/aromatic N) is 2. The number of aryl methyl sites for hydroxylation is 1. The third-order valence-corrected chi connectivity index (χ3v) is 5.71. The van der Waals surface area contributed by atoms with Crippen molar-refractivity contribution in [2.24, 2.45) is 0 Å². The molecule has 0 saturated heterocycles. The van der Waals surface area contributed by atoms with Crippen LogP contribution in [0.15, 0.2) is 48.7 Å². The highest BCUT2D eigenvalue weighted by Gasteiger charge is 2.22. The molecule has 2 N–H and O–H groups in total. The van der Waals surface area contributed by atoms with Crippen LogP contribution in [0.2, 0.25) is 0 Å². The van der Waals surface area contributed by atoms with Gasteiger partial charge in [-0.1, -0.05) is 38.0 Å². The zero-order chi connectivity index (χ0) is 22.8. The molecule has 7 nitrogen and oxygen atoms in total. The summed E-state index contributed by atoms with van der Waals surface area (Å²) >= 11 is 0. The second-order valence-corrected chi connectivity index (χ2v) is 8.17. The molecule has 3 rings (SSSR count). The van der Waals surface area contributed by atoms with Crippen LogP contribution < -0.4 is 15.5 Å². The van der Waals surface area contributed by atoms with Crippen LogP contribution in [0.1, 0.15) is 57.4 Å². The van der Waals surface area contributed by atoms with Gasteiger partial charge in [0.1, 0.15) is 12.4 Å². The molecular weight excluding hydrogens is 404 g/mol. The van der Waals surface area contributed by atoms with Gasteiger partial charge in [-0.15, -0.1) is 0 Å². The van der Waals surface area contributed by atoms with E-state index in [-0.39, 0.29) is 43.1 Å². The summed E-state index contributed by atoms with van der Waals surface area (Å²) < 4.78 is 0. The van der Waals surface area contributed by atoms with E-state index in [4.69, 9.17) is 0 Å². The standard InChI is InChI=1S/C25H32N4O3/c1-2-19-13-15-21(16-14-19)29(18-24(31)27-20-8-3-4-9-20)25(32)12-7-11-23(30)28-22-10-5-6-17-26-22/h5-6,10,13-17,20H,2-4,7-9,11-12,18H2,1H3,(H,27,31)(H,26,28,30). The molecule has 7 heteroatoms. The van der Waals surface area contributed by atoms with E-state index in [0.717, 1.165) is 32.1 Å².